The number of aliphatic hydroxyl groups is 1. The van der Waals surface area contributed by atoms with Crippen molar-refractivity contribution < 1.29 is 19.3 Å². The summed E-state index contributed by atoms with van der Waals surface area (Å²) in [6.07, 6.45) is 2.99. The maximum Gasteiger partial charge on any atom is 0.204 e. The summed E-state index contributed by atoms with van der Waals surface area (Å²) in [7, 11) is 4.80. The quantitative estimate of drug-likeness (QED) is 0.666. The third-order valence-corrected chi connectivity index (χ3v) is 5.88. The van der Waals surface area contributed by atoms with Crippen molar-refractivity contribution >= 4 is 16.6 Å². The minimum atomic E-state index is -0.448. The fourth-order valence-electron chi connectivity index (χ4n) is 4.27. The van der Waals surface area contributed by atoms with Crippen LogP contribution in [-0.4, -0.2) is 49.7 Å². The van der Waals surface area contributed by atoms with Crippen molar-refractivity contribution in [3.63, 3.8) is 0 Å². The fourth-order valence-corrected chi connectivity index (χ4v) is 4.27. The number of nitrogens with zero attached hydrogens (tertiary/aromatic N) is 3. The molecule has 2 aromatic carbocycles. The average Bonchev–Trinajstić information content (AvgIpc) is 2.82. The van der Waals surface area contributed by atoms with E-state index in [0.717, 1.165) is 48.1 Å². The molecule has 1 N–H and O–H groups in total. The van der Waals surface area contributed by atoms with Crippen LogP contribution in [0.25, 0.3) is 10.8 Å². The Bertz CT molecular complexity index is 1000. The molecule has 30 heavy (non-hydrogen) atoms. The number of hydrogen-bond acceptors (Lipinski definition) is 7. The molecule has 4 rings (SSSR count). The second-order valence-electron chi connectivity index (χ2n) is 7.45. The van der Waals surface area contributed by atoms with Gasteiger partial charge in [0.2, 0.25) is 5.75 Å². The lowest BCUT2D eigenvalue weighted by Crippen LogP contribution is -2.36. The van der Waals surface area contributed by atoms with E-state index in [0.29, 0.717) is 17.2 Å². The van der Waals surface area contributed by atoms with Gasteiger partial charge in [0.05, 0.1) is 39.0 Å². The Morgan fingerprint density at radius 2 is 1.67 bits per heavy atom. The SMILES string of the molecule is COc1cc2c(N3CCC(C(O)c4ccccc4)CC3)nncc2c(OC)c1OC. The summed E-state index contributed by atoms with van der Waals surface area (Å²) in [5.41, 5.74) is 0.975. The molecule has 0 aliphatic carbocycles. The number of piperidine rings is 1. The predicted molar refractivity (Wildman–Crippen MR) is 116 cm³/mol. The molecule has 1 saturated heterocycles. The molecule has 1 atom stereocenters. The number of aromatic nitrogens is 2. The molecule has 0 spiro atoms. The molecule has 1 unspecified atom stereocenters. The first-order chi connectivity index (χ1) is 14.7. The number of benzene rings is 2. The first kappa shape index (κ1) is 20.2. The van der Waals surface area contributed by atoms with Gasteiger partial charge in [0.1, 0.15) is 0 Å². The van der Waals surface area contributed by atoms with Crippen LogP contribution in [0.15, 0.2) is 42.6 Å². The van der Waals surface area contributed by atoms with Gasteiger partial charge in [0.15, 0.2) is 17.3 Å². The van der Waals surface area contributed by atoms with Crippen LogP contribution in [0.4, 0.5) is 5.82 Å². The molecule has 0 radical (unpaired) electrons. The van der Waals surface area contributed by atoms with Gasteiger partial charge in [-0.1, -0.05) is 30.3 Å². The van der Waals surface area contributed by atoms with Gasteiger partial charge < -0.3 is 24.2 Å². The van der Waals surface area contributed by atoms with E-state index < -0.39 is 6.10 Å². The van der Waals surface area contributed by atoms with Crippen LogP contribution >= 0.6 is 0 Å². The number of aliphatic hydroxyl groups excluding tert-OH is 1. The van der Waals surface area contributed by atoms with Gasteiger partial charge >= 0.3 is 0 Å². The summed E-state index contributed by atoms with van der Waals surface area (Å²) < 4.78 is 16.6. The zero-order chi connectivity index (χ0) is 21.1. The van der Waals surface area contributed by atoms with Crippen molar-refractivity contribution in [2.45, 2.75) is 18.9 Å². The summed E-state index contributed by atoms with van der Waals surface area (Å²) in [6, 6.07) is 11.8. The number of hydrogen-bond donors (Lipinski definition) is 1. The molecule has 7 nitrogen and oxygen atoms in total. The van der Waals surface area contributed by atoms with E-state index in [1.54, 1.807) is 27.5 Å². The fraction of sp³-hybridized carbons (Fsp3) is 0.391. The maximum absolute atomic E-state index is 10.8. The second-order valence-corrected chi connectivity index (χ2v) is 7.45. The van der Waals surface area contributed by atoms with E-state index in [4.69, 9.17) is 14.2 Å². The van der Waals surface area contributed by atoms with Gasteiger partial charge in [0.25, 0.3) is 0 Å². The minimum absolute atomic E-state index is 0.218. The van der Waals surface area contributed by atoms with Crippen LogP contribution in [-0.2, 0) is 0 Å². The Balaban J connectivity index is 1.62. The molecule has 158 valence electrons. The van der Waals surface area contributed by atoms with Gasteiger partial charge in [-0.3, -0.25) is 0 Å². The summed E-state index contributed by atoms with van der Waals surface area (Å²) in [4.78, 5) is 2.22. The highest BCUT2D eigenvalue weighted by atomic mass is 16.5. The molecular formula is C23H27N3O4. The lowest BCUT2D eigenvalue weighted by molar-refractivity contribution is 0.0929. The first-order valence-corrected chi connectivity index (χ1v) is 10.1. The Morgan fingerprint density at radius 3 is 2.30 bits per heavy atom. The van der Waals surface area contributed by atoms with E-state index in [2.05, 4.69) is 15.1 Å². The Kier molecular flexibility index (Phi) is 5.90. The van der Waals surface area contributed by atoms with Gasteiger partial charge in [-0.15, -0.1) is 5.10 Å². The molecule has 7 heteroatoms. The van der Waals surface area contributed by atoms with Crippen molar-refractivity contribution in [1.82, 2.24) is 10.2 Å². The number of anilines is 1. The molecule has 1 aliphatic rings. The third-order valence-electron chi connectivity index (χ3n) is 5.88. The number of ether oxygens (including phenoxy) is 3. The van der Waals surface area contributed by atoms with Gasteiger partial charge in [-0.25, -0.2) is 0 Å². The Labute approximate surface area is 176 Å². The molecule has 0 bridgehead atoms. The van der Waals surface area contributed by atoms with Crippen LogP contribution in [0.2, 0.25) is 0 Å². The average molecular weight is 409 g/mol. The molecular weight excluding hydrogens is 382 g/mol. The second kappa shape index (κ2) is 8.75. The van der Waals surface area contributed by atoms with Crippen molar-refractivity contribution in [3.8, 4) is 17.2 Å². The Morgan fingerprint density at radius 1 is 0.967 bits per heavy atom. The molecule has 1 aliphatic heterocycles. The highest BCUT2D eigenvalue weighted by Crippen LogP contribution is 2.45. The molecule has 1 aromatic heterocycles. The number of methoxy groups -OCH3 is 3. The highest BCUT2D eigenvalue weighted by molar-refractivity contribution is 5.99. The smallest absolute Gasteiger partial charge is 0.204 e. The minimum Gasteiger partial charge on any atom is -0.493 e. The predicted octanol–water partition coefficient (Wildman–Crippen LogP) is 3.61. The molecule has 0 saturated carbocycles. The third kappa shape index (κ3) is 3.61. The standard InChI is InChI=1S/C23H27N3O4/c1-28-19-13-17-18(21(29-2)22(19)30-3)14-24-25-23(17)26-11-9-16(10-12-26)20(27)15-7-5-4-6-8-15/h4-8,13-14,16,20,27H,9-12H2,1-3H3. The van der Waals surface area contributed by atoms with Crippen LogP contribution in [0, 0.1) is 5.92 Å². The lowest BCUT2D eigenvalue weighted by atomic mass is 9.87. The normalized spacial score (nSPS) is 15.8. The van der Waals surface area contributed by atoms with E-state index in [-0.39, 0.29) is 5.92 Å². The van der Waals surface area contributed by atoms with Crippen molar-refractivity contribution in [2.75, 3.05) is 39.3 Å². The van der Waals surface area contributed by atoms with E-state index in [1.165, 1.54) is 0 Å². The summed E-state index contributed by atoms with van der Waals surface area (Å²) in [5.74, 6) is 2.72. The van der Waals surface area contributed by atoms with Crippen molar-refractivity contribution in [1.29, 1.82) is 0 Å². The van der Waals surface area contributed by atoms with Crippen LogP contribution in [0.3, 0.4) is 0 Å². The van der Waals surface area contributed by atoms with E-state index in [9.17, 15) is 5.11 Å². The van der Waals surface area contributed by atoms with Crippen molar-refractivity contribution in [2.24, 2.45) is 5.92 Å². The number of rotatable bonds is 6. The topological polar surface area (TPSA) is 76.9 Å². The maximum atomic E-state index is 10.8. The zero-order valence-electron chi connectivity index (χ0n) is 17.5. The highest BCUT2D eigenvalue weighted by Gasteiger charge is 2.28. The molecule has 0 amide bonds. The van der Waals surface area contributed by atoms with Crippen molar-refractivity contribution in [3.05, 3.63) is 48.2 Å². The Hall–Kier alpha value is -3.06. The summed E-state index contributed by atoms with van der Waals surface area (Å²) in [5, 5.41) is 21.1. The first-order valence-electron chi connectivity index (χ1n) is 10.1. The van der Waals surface area contributed by atoms with Crippen LogP contribution in [0.1, 0.15) is 24.5 Å². The largest absolute Gasteiger partial charge is 0.493 e. The van der Waals surface area contributed by atoms with Gasteiger partial charge in [-0.2, -0.15) is 5.10 Å². The molecule has 3 aromatic rings. The zero-order valence-corrected chi connectivity index (χ0v) is 17.5. The van der Waals surface area contributed by atoms with Crippen LogP contribution < -0.4 is 19.1 Å². The summed E-state index contributed by atoms with van der Waals surface area (Å²) >= 11 is 0. The van der Waals surface area contributed by atoms with Gasteiger partial charge in [0, 0.05) is 18.5 Å². The van der Waals surface area contributed by atoms with Gasteiger partial charge in [-0.05, 0) is 30.4 Å². The monoisotopic (exact) mass is 409 g/mol. The molecule has 1 fully saturated rings. The lowest BCUT2D eigenvalue weighted by Gasteiger charge is -2.35. The molecule has 2 heterocycles. The number of fused-ring (bicyclic) bond motifs is 1. The summed E-state index contributed by atoms with van der Waals surface area (Å²) in [6.45, 7) is 1.58. The van der Waals surface area contributed by atoms with E-state index in [1.807, 2.05) is 36.4 Å². The van der Waals surface area contributed by atoms with Crippen LogP contribution in [0.5, 0.6) is 17.2 Å². The van der Waals surface area contributed by atoms with E-state index >= 15 is 0 Å².